The predicted octanol–water partition coefficient (Wildman–Crippen LogP) is 3.18. The van der Waals surface area contributed by atoms with Gasteiger partial charge in [0.2, 0.25) is 0 Å². The molecule has 0 spiro atoms. The quantitative estimate of drug-likeness (QED) is 0.869. The van der Waals surface area contributed by atoms with Crippen LogP contribution in [0.2, 0.25) is 0 Å². The van der Waals surface area contributed by atoms with E-state index in [0.29, 0.717) is 5.56 Å². The summed E-state index contributed by atoms with van der Waals surface area (Å²) in [5.41, 5.74) is 1.40. The Bertz CT molecular complexity index is 642. The van der Waals surface area contributed by atoms with E-state index in [4.69, 9.17) is 0 Å². The molecule has 1 aliphatic rings. The highest BCUT2D eigenvalue weighted by Gasteiger charge is 2.30. The van der Waals surface area contributed by atoms with E-state index < -0.39 is 0 Å². The summed E-state index contributed by atoms with van der Waals surface area (Å²) in [6, 6.07) is 15.6. The van der Waals surface area contributed by atoms with Gasteiger partial charge in [0.05, 0.1) is 6.04 Å². The van der Waals surface area contributed by atoms with Gasteiger partial charge in [0.1, 0.15) is 5.82 Å². The molecule has 3 rings (SSSR count). The zero-order valence-electron chi connectivity index (χ0n) is 12.6. The van der Waals surface area contributed by atoms with Crippen molar-refractivity contribution in [1.29, 1.82) is 0 Å². The number of nitrogens with zero attached hydrogens (tertiary/aromatic N) is 2. The third-order valence-corrected chi connectivity index (χ3v) is 4.08. The maximum Gasteiger partial charge on any atom is 0.258 e. The third kappa shape index (κ3) is 3.02. The Morgan fingerprint density at radius 2 is 1.82 bits per heavy atom. The van der Waals surface area contributed by atoms with Gasteiger partial charge in [0.15, 0.2) is 0 Å². The number of carbonyl (C=O) groups excluding carboxylic acids is 1. The second-order valence-corrected chi connectivity index (χ2v) is 5.72. The minimum atomic E-state index is -0.330. The Hall–Kier alpha value is -2.20. The Kier molecular flexibility index (Phi) is 4.20. The van der Waals surface area contributed by atoms with E-state index in [1.807, 2.05) is 35.2 Å². The van der Waals surface area contributed by atoms with Crippen LogP contribution in [0.15, 0.2) is 54.6 Å². The van der Waals surface area contributed by atoms with Crippen LogP contribution < -0.4 is 4.90 Å². The molecule has 1 fully saturated rings. The summed E-state index contributed by atoms with van der Waals surface area (Å²) in [6.07, 6.45) is 0.943. The van der Waals surface area contributed by atoms with Crippen molar-refractivity contribution in [3.8, 4) is 0 Å². The second-order valence-electron chi connectivity index (χ2n) is 5.72. The van der Waals surface area contributed by atoms with Crippen molar-refractivity contribution in [1.82, 2.24) is 4.90 Å². The lowest BCUT2D eigenvalue weighted by molar-refractivity contribution is 0.0977. The van der Waals surface area contributed by atoms with Crippen LogP contribution in [0.3, 0.4) is 0 Å². The normalized spacial score (nSPS) is 18.4. The Balaban J connectivity index is 1.94. The SMILES string of the molecule is CN1CCC(N(C(=O)c2ccc(F)cc2)c2ccccc2)C1. The molecule has 0 bridgehead atoms. The van der Waals surface area contributed by atoms with Gasteiger partial charge in [0.25, 0.3) is 5.91 Å². The lowest BCUT2D eigenvalue weighted by Crippen LogP contribution is -2.42. The molecule has 22 heavy (non-hydrogen) atoms. The summed E-state index contributed by atoms with van der Waals surface area (Å²) < 4.78 is 13.1. The fraction of sp³-hybridized carbons (Fsp3) is 0.278. The number of rotatable bonds is 3. The monoisotopic (exact) mass is 298 g/mol. The number of amides is 1. The number of anilines is 1. The van der Waals surface area contributed by atoms with E-state index in [-0.39, 0.29) is 17.8 Å². The molecule has 1 heterocycles. The molecule has 4 heteroatoms. The number of likely N-dealkylation sites (N-methyl/N-ethyl adjacent to an activating group) is 1. The number of carbonyl (C=O) groups is 1. The van der Waals surface area contributed by atoms with Crippen molar-refractivity contribution in [2.45, 2.75) is 12.5 Å². The van der Waals surface area contributed by atoms with E-state index in [0.717, 1.165) is 25.2 Å². The maximum absolute atomic E-state index is 13.1. The van der Waals surface area contributed by atoms with Crippen LogP contribution in [0.1, 0.15) is 16.8 Å². The van der Waals surface area contributed by atoms with Gasteiger partial charge in [-0.3, -0.25) is 4.79 Å². The van der Waals surface area contributed by atoms with Gasteiger partial charge in [-0.2, -0.15) is 0 Å². The molecule has 114 valence electrons. The molecule has 0 N–H and O–H groups in total. The molecule has 2 aromatic rings. The maximum atomic E-state index is 13.1. The highest BCUT2D eigenvalue weighted by molar-refractivity contribution is 6.06. The van der Waals surface area contributed by atoms with Crippen LogP contribution in [0.5, 0.6) is 0 Å². The largest absolute Gasteiger partial charge is 0.304 e. The number of para-hydroxylation sites is 1. The number of likely N-dealkylation sites (tertiary alicyclic amines) is 1. The molecule has 0 radical (unpaired) electrons. The molecule has 0 saturated carbocycles. The first-order chi connectivity index (χ1) is 10.6. The summed E-state index contributed by atoms with van der Waals surface area (Å²) in [6.45, 7) is 1.83. The van der Waals surface area contributed by atoms with E-state index in [2.05, 4.69) is 11.9 Å². The van der Waals surface area contributed by atoms with Crippen molar-refractivity contribution in [3.05, 3.63) is 66.0 Å². The van der Waals surface area contributed by atoms with Crippen molar-refractivity contribution in [3.63, 3.8) is 0 Å². The van der Waals surface area contributed by atoms with Gasteiger partial charge >= 0.3 is 0 Å². The fourth-order valence-electron chi connectivity index (χ4n) is 2.94. The van der Waals surface area contributed by atoms with Gasteiger partial charge in [-0.05, 0) is 56.4 Å². The highest BCUT2D eigenvalue weighted by Crippen LogP contribution is 2.24. The van der Waals surface area contributed by atoms with Crippen molar-refractivity contribution in [2.75, 3.05) is 25.0 Å². The average Bonchev–Trinajstić information content (AvgIpc) is 2.95. The molecule has 1 unspecified atom stereocenters. The summed E-state index contributed by atoms with van der Waals surface area (Å²) in [5, 5.41) is 0. The average molecular weight is 298 g/mol. The first-order valence-corrected chi connectivity index (χ1v) is 7.48. The molecule has 1 saturated heterocycles. The van der Waals surface area contributed by atoms with Crippen LogP contribution in [0.4, 0.5) is 10.1 Å². The minimum absolute atomic E-state index is 0.0773. The zero-order chi connectivity index (χ0) is 15.5. The standard InChI is InChI=1S/C18H19FN2O/c1-20-12-11-17(13-20)21(16-5-3-2-4-6-16)18(22)14-7-9-15(19)10-8-14/h2-10,17H,11-13H2,1H3. The molecule has 1 atom stereocenters. The smallest absolute Gasteiger partial charge is 0.258 e. The van der Waals surface area contributed by atoms with Gasteiger partial charge in [-0.1, -0.05) is 18.2 Å². The zero-order valence-corrected chi connectivity index (χ0v) is 12.6. The van der Waals surface area contributed by atoms with Crippen molar-refractivity contribution < 1.29 is 9.18 Å². The summed E-state index contributed by atoms with van der Waals surface area (Å²) >= 11 is 0. The fourth-order valence-corrected chi connectivity index (χ4v) is 2.94. The number of hydrogen-bond donors (Lipinski definition) is 0. The highest BCUT2D eigenvalue weighted by atomic mass is 19.1. The summed E-state index contributed by atoms with van der Waals surface area (Å²) in [7, 11) is 2.06. The Labute approximate surface area is 130 Å². The predicted molar refractivity (Wildman–Crippen MR) is 85.6 cm³/mol. The van der Waals surface area contributed by atoms with E-state index in [1.165, 1.54) is 12.1 Å². The molecular weight excluding hydrogens is 279 g/mol. The van der Waals surface area contributed by atoms with Gasteiger partial charge in [-0.15, -0.1) is 0 Å². The first kappa shape index (κ1) is 14.7. The van der Waals surface area contributed by atoms with E-state index in [9.17, 15) is 9.18 Å². The number of halogens is 1. The Morgan fingerprint density at radius 3 is 2.41 bits per heavy atom. The molecule has 3 nitrogen and oxygen atoms in total. The van der Waals surface area contributed by atoms with Crippen LogP contribution >= 0.6 is 0 Å². The van der Waals surface area contributed by atoms with Crippen molar-refractivity contribution >= 4 is 11.6 Å². The molecule has 0 aliphatic carbocycles. The lowest BCUT2D eigenvalue weighted by atomic mass is 10.1. The summed E-state index contributed by atoms with van der Waals surface area (Å²) in [4.78, 5) is 17.0. The Morgan fingerprint density at radius 1 is 1.14 bits per heavy atom. The number of hydrogen-bond acceptors (Lipinski definition) is 2. The molecule has 1 amide bonds. The molecule has 2 aromatic carbocycles. The van der Waals surface area contributed by atoms with Crippen molar-refractivity contribution in [2.24, 2.45) is 0 Å². The topological polar surface area (TPSA) is 23.6 Å². The lowest BCUT2D eigenvalue weighted by Gasteiger charge is -2.29. The third-order valence-electron chi connectivity index (χ3n) is 4.08. The molecule has 1 aliphatic heterocycles. The van der Waals surface area contributed by atoms with Gasteiger partial charge in [0, 0.05) is 17.8 Å². The molecular formula is C18H19FN2O. The first-order valence-electron chi connectivity index (χ1n) is 7.48. The number of benzene rings is 2. The van der Waals surface area contributed by atoms with Gasteiger partial charge < -0.3 is 9.80 Å². The van der Waals surface area contributed by atoms with Gasteiger partial charge in [-0.25, -0.2) is 4.39 Å². The summed E-state index contributed by atoms with van der Waals surface area (Å²) in [5.74, 6) is -0.407. The molecule has 0 aromatic heterocycles. The van der Waals surface area contributed by atoms with E-state index >= 15 is 0 Å². The minimum Gasteiger partial charge on any atom is -0.304 e. The van der Waals surface area contributed by atoms with Crippen LogP contribution in [0, 0.1) is 5.82 Å². The van der Waals surface area contributed by atoms with Crippen LogP contribution in [-0.2, 0) is 0 Å². The second kappa shape index (κ2) is 6.28. The van der Waals surface area contributed by atoms with Crippen LogP contribution in [-0.4, -0.2) is 37.0 Å². The van der Waals surface area contributed by atoms with Crippen LogP contribution in [0.25, 0.3) is 0 Å². The van der Waals surface area contributed by atoms with E-state index in [1.54, 1.807) is 12.1 Å².